The Hall–Kier alpha value is -2.37. The first-order chi connectivity index (χ1) is 8.15. The third-order valence-electron chi connectivity index (χ3n) is 2.04. The van der Waals surface area contributed by atoms with E-state index in [1.54, 1.807) is 12.1 Å². The number of aromatic carboxylic acids is 1. The second-order valence-corrected chi connectivity index (χ2v) is 3.30. The largest absolute Gasteiger partial charge is 0.476 e. The zero-order valence-electron chi connectivity index (χ0n) is 8.68. The van der Waals surface area contributed by atoms with E-state index in [2.05, 4.69) is 10.3 Å². The highest BCUT2D eigenvalue weighted by molar-refractivity contribution is 5.84. The van der Waals surface area contributed by atoms with E-state index in [4.69, 9.17) is 9.52 Å². The van der Waals surface area contributed by atoms with Crippen LogP contribution in [0.1, 0.15) is 16.4 Å². The molecule has 0 aliphatic rings. The molecule has 0 amide bonds. The maximum Gasteiger partial charge on any atom is 0.357 e. The maximum absolute atomic E-state index is 12.8. The Morgan fingerprint density at radius 1 is 1.53 bits per heavy atom. The van der Waals surface area contributed by atoms with Crippen molar-refractivity contribution in [1.82, 2.24) is 4.98 Å². The van der Waals surface area contributed by atoms with E-state index in [-0.39, 0.29) is 23.9 Å². The maximum atomic E-state index is 12.8. The Labute approximate surface area is 95.9 Å². The van der Waals surface area contributed by atoms with Crippen LogP contribution in [0.5, 0.6) is 0 Å². The molecule has 0 spiro atoms. The van der Waals surface area contributed by atoms with Crippen LogP contribution in [0.2, 0.25) is 0 Å². The first kappa shape index (κ1) is 11.1. The lowest BCUT2D eigenvalue weighted by Gasteiger charge is -2.02. The van der Waals surface area contributed by atoms with Crippen LogP contribution in [-0.4, -0.2) is 16.1 Å². The SMILES string of the molecule is O=C(O)c1coc(CNc2cccc(F)c2)n1. The minimum Gasteiger partial charge on any atom is -0.476 e. The number of oxazole rings is 1. The summed E-state index contributed by atoms with van der Waals surface area (Å²) in [5, 5.41) is 11.5. The summed E-state index contributed by atoms with van der Waals surface area (Å²) in [5.41, 5.74) is 0.418. The summed E-state index contributed by atoms with van der Waals surface area (Å²) in [6.45, 7) is 0.191. The topological polar surface area (TPSA) is 75.4 Å². The fourth-order valence-electron chi connectivity index (χ4n) is 1.27. The number of benzene rings is 1. The van der Waals surface area contributed by atoms with E-state index in [1.165, 1.54) is 12.1 Å². The van der Waals surface area contributed by atoms with Gasteiger partial charge in [-0.25, -0.2) is 14.2 Å². The third kappa shape index (κ3) is 2.81. The van der Waals surface area contributed by atoms with Crippen molar-refractivity contribution in [3.8, 4) is 0 Å². The van der Waals surface area contributed by atoms with Crippen molar-refractivity contribution in [3.63, 3.8) is 0 Å². The second kappa shape index (κ2) is 4.65. The summed E-state index contributed by atoms with van der Waals surface area (Å²) in [6.07, 6.45) is 1.06. The van der Waals surface area contributed by atoms with Gasteiger partial charge < -0.3 is 14.8 Å². The number of rotatable bonds is 4. The molecule has 6 heteroatoms. The number of halogens is 1. The van der Waals surface area contributed by atoms with E-state index >= 15 is 0 Å². The van der Waals surface area contributed by atoms with Crippen molar-refractivity contribution < 1.29 is 18.7 Å². The van der Waals surface area contributed by atoms with Crippen molar-refractivity contribution in [1.29, 1.82) is 0 Å². The van der Waals surface area contributed by atoms with Gasteiger partial charge in [0, 0.05) is 5.69 Å². The smallest absolute Gasteiger partial charge is 0.357 e. The van der Waals surface area contributed by atoms with Crippen LogP contribution >= 0.6 is 0 Å². The molecule has 1 heterocycles. The van der Waals surface area contributed by atoms with Gasteiger partial charge >= 0.3 is 5.97 Å². The van der Waals surface area contributed by atoms with Crippen LogP contribution in [0, 0.1) is 5.82 Å². The number of aromatic nitrogens is 1. The molecule has 2 aromatic rings. The number of hydrogen-bond donors (Lipinski definition) is 2. The Kier molecular flexibility index (Phi) is 3.04. The quantitative estimate of drug-likeness (QED) is 0.850. The number of carbonyl (C=O) groups is 1. The van der Waals surface area contributed by atoms with E-state index in [0.717, 1.165) is 6.26 Å². The molecular formula is C11H9FN2O3. The van der Waals surface area contributed by atoms with Gasteiger partial charge in [0.2, 0.25) is 5.89 Å². The van der Waals surface area contributed by atoms with Gasteiger partial charge in [-0.1, -0.05) is 6.07 Å². The summed E-state index contributed by atoms with van der Waals surface area (Å²) in [4.78, 5) is 14.3. The molecule has 17 heavy (non-hydrogen) atoms. The van der Waals surface area contributed by atoms with Gasteiger partial charge in [-0.15, -0.1) is 0 Å². The number of carboxylic acid groups (broad SMARTS) is 1. The number of carboxylic acids is 1. The molecule has 0 unspecified atom stereocenters. The molecule has 0 aliphatic carbocycles. The van der Waals surface area contributed by atoms with Crippen LogP contribution in [0.4, 0.5) is 10.1 Å². The molecule has 0 atom stereocenters. The molecule has 0 aliphatic heterocycles. The minimum atomic E-state index is -1.15. The molecule has 0 saturated carbocycles. The predicted octanol–water partition coefficient (Wildman–Crippen LogP) is 2.12. The highest BCUT2D eigenvalue weighted by atomic mass is 19.1. The first-order valence-electron chi connectivity index (χ1n) is 4.82. The standard InChI is InChI=1S/C11H9FN2O3/c12-7-2-1-3-8(4-7)13-5-10-14-9(6-17-10)11(15)16/h1-4,6,13H,5H2,(H,15,16). The van der Waals surface area contributed by atoms with Crippen molar-refractivity contribution in [2.24, 2.45) is 0 Å². The van der Waals surface area contributed by atoms with Crippen LogP contribution in [0.15, 0.2) is 34.9 Å². The number of nitrogens with one attached hydrogen (secondary N) is 1. The molecule has 88 valence electrons. The molecule has 0 saturated heterocycles. The van der Waals surface area contributed by atoms with Crippen LogP contribution in [-0.2, 0) is 6.54 Å². The van der Waals surface area contributed by atoms with Crippen molar-refractivity contribution in [2.45, 2.75) is 6.54 Å². The van der Waals surface area contributed by atoms with Gasteiger partial charge in [0.1, 0.15) is 12.1 Å². The Bertz CT molecular complexity index is 539. The van der Waals surface area contributed by atoms with Crippen molar-refractivity contribution >= 4 is 11.7 Å². The Balaban J connectivity index is 2.00. The molecular weight excluding hydrogens is 227 g/mol. The zero-order valence-corrected chi connectivity index (χ0v) is 8.68. The van der Waals surface area contributed by atoms with Crippen LogP contribution in [0.3, 0.4) is 0 Å². The monoisotopic (exact) mass is 236 g/mol. The molecule has 2 rings (SSSR count). The van der Waals surface area contributed by atoms with Crippen molar-refractivity contribution in [3.05, 3.63) is 47.9 Å². The average molecular weight is 236 g/mol. The lowest BCUT2D eigenvalue weighted by atomic mass is 10.3. The molecule has 5 nitrogen and oxygen atoms in total. The third-order valence-corrected chi connectivity index (χ3v) is 2.04. The average Bonchev–Trinajstić information content (AvgIpc) is 2.75. The summed E-state index contributed by atoms with van der Waals surface area (Å²) in [6, 6.07) is 5.90. The van der Waals surface area contributed by atoms with Gasteiger partial charge in [-0.05, 0) is 18.2 Å². The zero-order chi connectivity index (χ0) is 12.3. The van der Waals surface area contributed by atoms with E-state index in [0.29, 0.717) is 5.69 Å². The summed E-state index contributed by atoms with van der Waals surface area (Å²) in [7, 11) is 0. The van der Waals surface area contributed by atoms with E-state index < -0.39 is 5.97 Å². The number of hydrogen-bond acceptors (Lipinski definition) is 4. The Morgan fingerprint density at radius 3 is 3.00 bits per heavy atom. The lowest BCUT2D eigenvalue weighted by Crippen LogP contribution is -2.01. The second-order valence-electron chi connectivity index (χ2n) is 3.30. The summed E-state index contributed by atoms with van der Waals surface area (Å²) in [5.74, 6) is -1.27. The van der Waals surface area contributed by atoms with Crippen LogP contribution in [0.25, 0.3) is 0 Å². The Morgan fingerprint density at radius 2 is 2.35 bits per heavy atom. The van der Waals surface area contributed by atoms with E-state index in [1.807, 2.05) is 0 Å². The molecule has 1 aromatic heterocycles. The highest BCUT2D eigenvalue weighted by Gasteiger charge is 2.09. The summed E-state index contributed by atoms with van der Waals surface area (Å²) < 4.78 is 17.8. The van der Waals surface area contributed by atoms with Gasteiger partial charge in [0.15, 0.2) is 5.69 Å². The normalized spacial score (nSPS) is 10.2. The molecule has 0 bridgehead atoms. The van der Waals surface area contributed by atoms with Crippen molar-refractivity contribution in [2.75, 3.05) is 5.32 Å². The van der Waals surface area contributed by atoms with E-state index in [9.17, 15) is 9.18 Å². The number of nitrogens with zero attached hydrogens (tertiary/aromatic N) is 1. The highest BCUT2D eigenvalue weighted by Crippen LogP contribution is 2.11. The molecule has 2 N–H and O–H groups in total. The fraction of sp³-hybridized carbons (Fsp3) is 0.0909. The molecule has 0 fully saturated rings. The van der Waals surface area contributed by atoms with Gasteiger partial charge in [-0.3, -0.25) is 0 Å². The van der Waals surface area contributed by atoms with Gasteiger partial charge in [0.05, 0.1) is 6.54 Å². The minimum absolute atomic E-state index is 0.152. The fourth-order valence-corrected chi connectivity index (χ4v) is 1.27. The molecule has 1 aromatic carbocycles. The van der Waals surface area contributed by atoms with Gasteiger partial charge in [0.25, 0.3) is 0 Å². The summed E-state index contributed by atoms with van der Waals surface area (Å²) >= 11 is 0. The molecule has 0 radical (unpaired) electrons. The predicted molar refractivity (Wildman–Crippen MR) is 57.2 cm³/mol. The lowest BCUT2D eigenvalue weighted by molar-refractivity contribution is 0.0690. The van der Waals surface area contributed by atoms with Crippen LogP contribution < -0.4 is 5.32 Å². The first-order valence-corrected chi connectivity index (χ1v) is 4.82. The number of anilines is 1. The van der Waals surface area contributed by atoms with Gasteiger partial charge in [-0.2, -0.15) is 0 Å².